The van der Waals surface area contributed by atoms with Gasteiger partial charge in [0.25, 0.3) is 0 Å². The number of rotatable bonds is 6. The Morgan fingerprint density at radius 2 is 1.95 bits per heavy atom. The van der Waals surface area contributed by atoms with Gasteiger partial charge >= 0.3 is 12.0 Å². The molecule has 1 saturated heterocycles. The molecule has 21 heavy (non-hydrogen) atoms. The van der Waals surface area contributed by atoms with E-state index in [9.17, 15) is 19.5 Å². The number of carboxylic acids is 1. The number of amides is 3. The van der Waals surface area contributed by atoms with Crippen molar-refractivity contribution in [2.45, 2.75) is 38.8 Å². The van der Waals surface area contributed by atoms with Crippen LogP contribution in [0, 0.1) is 0 Å². The number of nitrogens with one attached hydrogen (secondary N) is 2. The molecule has 1 heterocycles. The molecule has 0 aromatic rings. The van der Waals surface area contributed by atoms with Crippen molar-refractivity contribution in [2.24, 2.45) is 0 Å². The van der Waals surface area contributed by atoms with Gasteiger partial charge in [0.2, 0.25) is 5.91 Å². The summed E-state index contributed by atoms with van der Waals surface area (Å²) in [6, 6.07) is -1.41. The van der Waals surface area contributed by atoms with Gasteiger partial charge in [-0.15, -0.1) is 0 Å². The smallest absolute Gasteiger partial charge is 0.332 e. The zero-order chi connectivity index (χ0) is 16.0. The lowest BCUT2D eigenvalue weighted by molar-refractivity contribution is -0.144. The molecule has 3 N–H and O–H groups in total. The maximum absolute atomic E-state index is 12.0. The molecule has 0 saturated carbocycles. The summed E-state index contributed by atoms with van der Waals surface area (Å²) < 4.78 is 5.05. The summed E-state index contributed by atoms with van der Waals surface area (Å²) in [7, 11) is 0. The predicted octanol–water partition coefficient (Wildman–Crippen LogP) is -0.214. The van der Waals surface area contributed by atoms with Crippen molar-refractivity contribution in [3.05, 3.63) is 0 Å². The number of likely N-dealkylation sites (N-methyl/N-ethyl adjacent to an activating group) is 1. The molecule has 120 valence electrons. The molecule has 8 nitrogen and oxygen atoms in total. The summed E-state index contributed by atoms with van der Waals surface area (Å²) in [5.41, 5.74) is -1.41. The normalized spacial score (nSPS) is 22.4. The van der Waals surface area contributed by atoms with Crippen LogP contribution in [-0.4, -0.2) is 65.8 Å². The second-order valence-electron chi connectivity index (χ2n) is 5.02. The van der Waals surface area contributed by atoms with E-state index < -0.39 is 23.6 Å². The number of nitrogens with zero attached hydrogens (tertiary/aromatic N) is 1. The highest BCUT2D eigenvalue weighted by molar-refractivity contribution is 5.90. The number of carboxylic acid groups (broad SMARTS) is 1. The quantitative estimate of drug-likeness (QED) is 0.629. The maximum atomic E-state index is 12.0. The van der Waals surface area contributed by atoms with Crippen LogP contribution in [0.3, 0.4) is 0 Å². The number of carbonyl (C=O) groups is 3. The first-order valence-corrected chi connectivity index (χ1v) is 7.05. The minimum Gasteiger partial charge on any atom is -0.479 e. The molecule has 0 aromatic heterocycles. The first-order chi connectivity index (χ1) is 9.86. The van der Waals surface area contributed by atoms with E-state index in [1.54, 1.807) is 11.8 Å². The Morgan fingerprint density at radius 1 is 1.33 bits per heavy atom. The Balaban J connectivity index is 2.60. The third-order valence-electron chi connectivity index (χ3n) is 3.58. The fourth-order valence-corrected chi connectivity index (χ4v) is 2.21. The van der Waals surface area contributed by atoms with Crippen LogP contribution in [-0.2, 0) is 14.3 Å². The van der Waals surface area contributed by atoms with E-state index >= 15 is 0 Å². The molecule has 8 heteroatoms. The summed E-state index contributed by atoms with van der Waals surface area (Å²) in [4.78, 5) is 36.8. The number of ether oxygens (including phenoxy) is 1. The summed E-state index contributed by atoms with van der Waals surface area (Å²) in [6.07, 6.45) is 0.203. The molecular formula is C13H23N3O5. The Hall–Kier alpha value is -1.83. The topological polar surface area (TPSA) is 108 Å². The zero-order valence-electron chi connectivity index (χ0n) is 12.6. The largest absolute Gasteiger partial charge is 0.479 e. The van der Waals surface area contributed by atoms with E-state index in [4.69, 9.17) is 4.74 Å². The predicted molar refractivity (Wildman–Crippen MR) is 74.9 cm³/mol. The fraction of sp³-hybridized carbons (Fsp3) is 0.769. The van der Waals surface area contributed by atoms with Crippen LogP contribution in [0.2, 0.25) is 0 Å². The minimum absolute atomic E-state index is 0.0753. The molecule has 0 radical (unpaired) electrons. The lowest BCUT2D eigenvalue weighted by Gasteiger charge is -2.27. The lowest BCUT2D eigenvalue weighted by atomic mass is 9.99. The van der Waals surface area contributed by atoms with Gasteiger partial charge in [0, 0.05) is 26.1 Å². The number of aliphatic carboxylic acids is 1. The summed E-state index contributed by atoms with van der Waals surface area (Å²) >= 11 is 0. The second-order valence-corrected chi connectivity index (χ2v) is 5.02. The average molecular weight is 301 g/mol. The number of carbonyl (C=O) groups excluding carboxylic acids is 2. The molecule has 1 rings (SSSR count). The van der Waals surface area contributed by atoms with Crippen LogP contribution < -0.4 is 10.6 Å². The zero-order valence-corrected chi connectivity index (χ0v) is 12.6. The molecule has 1 aliphatic heterocycles. The molecule has 0 aromatic carbocycles. The highest BCUT2D eigenvalue weighted by atomic mass is 16.5. The van der Waals surface area contributed by atoms with Crippen molar-refractivity contribution in [3.63, 3.8) is 0 Å². The van der Waals surface area contributed by atoms with E-state index in [-0.39, 0.29) is 25.5 Å². The molecule has 3 amide bonds. The Kier molecular flexibility index (Phi) is 5.95. The van der Waals surface area contributed by atoms with Gasteiger partial charge in [0.05, 0.1) is 6.61 Å². The minimum atomic E-state index is -1.41. The Bertz CT molecular complexity index is 403. The van der Waals surface area contributed by atoms with Gasteiger partial charge in [-0.3, -0.25) is 4.79 Å². The number of hydrogen-bond acceptors (Lipinski definition) is 4. The third kappa shape index (κ3) is 4.07. The first-order valence-electron chi connectivity index (χ1n) is 7.05. The van der Waals surface area contributed by atoms with Gasteiger partial charge in [-0.2, -0.15) is 0 Å². The highest BCUT2D eigenvalue weighted by Gasteiger charge is 2.44. The molecule has 1 fully saturated rings. The lowest BCUT2D eigenvalue weighted by Crippen LogP contribution is -2.60. The van der Waals surface area contributed by atoms with Crippen LogP contribution in [0.5, 0.6) is 0 Å². The van der Waals surface area contributed by atoms with Crippen LogP contribution in [0.1, 0.15) is 27.2 Å². The van der Waals surface area contributed by atoms with E-state index in [0.717, 1.165) is 0 Å². The van der Waals surface area contributed by atoms with Crippen LogP contribution in [0.25, 0.3) is 0 Å². The molecule has 0 spiro atoms. The number of hydrogen-bond donors (Lipinski definition) is 3. The van der Waals surface area contributed by atoms with Crippen LogP contribution >= 0.6 is 0 Å². The van der Waals surface area contributed by atoms with E-state index in [0.29, 0.717) is 13.1 Å². The molecule has 2 atom stereocenters. The van der Waals surface area contributed by atoms with Gasteiger partial charge < -0.3 is 25.4 Å². The van der Waals surface area contributed by atoms with Crippen molar-refractivity contribution in [3.8, 4) is 0 Å². The van der Waals surface area contributed by atoms with Crippen LogP contribution in [0.15, 0.2) is 0 Å². The maximum Gasteiger partial charge on any atom is 0.332 e. The highest BCUT2D eigenvalue weighted by Crippen LogP contribution is 2.18. The summed E-state index contributed by atoms with van der Waals surface area (Å²) in [5.74, 6) is -1.35. The van der Waals surface area contributed by atoms with Gasteiger partial charge in [0.1, 0.15) is 6.04 Å². The van der Waals surface area contributed by atoms with Crippen LogP contribution in [0.4, 0.5) is 4.79 Å². The SMILES string of the molecule is CCN(CC)C(=O)C(C)NC(=O)NC1(C(=O)O)CCOC1. The molecular weight excluding hydrogens is 278 g/mol. The van der Waals surface area contributed by atoms with E-state index in [2.05, 4.69) is 10.6 Å². The van der Waals surface area contributed by atoms with Crippen molar-refractivity contribution in [1.29, 1.82) is 0 Å². The molecule has 2 unspecified atom stereocenters. The van der Waals surface area contributed by atoms with Crippen molar-refractivity contribution < 1.29 is 24.2 Å². The number of urea groups is 1. The summed E-state index contributed by atoms with van der Waals surface area (Å²) in [6.45, 7) is 6.58. The van der Waals surface area contributed by atoms with Crippen molar-refractivity contribution >= 4 is 17.9 Å². The van der Waals surface area contributed by atoms with Gasteiger partial charge in [-0.05, 0) is 20.8 Å². The van der Waals surface area contributed by atoms with Crippen molar-refractivity contribution in [1.82, 2.24) is 15.5 Å². The Labute approximate surface area is 123 Å². The van der Waals surface area contributed by atoms with E-state index in [1.165, 1.54) is 0 Å². The fourth-order valence-electron chi connectivity index (χ4n) is 2.21. The van der Waals surface area contributed by atoms with Gasteiger partial charge in [0.15, 0.2) is 5.54 Å². The molecule has 1 aliphatic rings. The van der Waals surface area contributed by atoms with Gasteiger partial charge in [-0.1, -0.05) is 0 Å². The van der Waals surface area contributed by atoms with Gasteiger partial charge in [-0.25, -0.2) is 9.59 Å². The van der Waals surface area contributed by atoms with Crippen molar-refractivity contribution in [2.75, 3.05) is 26.3 Å². The second kappa shape index (κ2) is 7.26. The monoisotopic (exact) mass is 301 g/mol. The third-order valence-corrected chi connectivity index (χ3v) is 3.58. The standard InChI is InChI=1S/C13H23N3O5/c1-4-16(5-2)10(17)9(3)14-12(20)15-13(11(18)19)6-7-21-8-13/h9H,4-8H2,1-3H3,(H,18,19)(H2,14,15,20). The summed E-state index contributed by atoms with van der Waals surface area (Å²) in [5, 5.41) is 14.1. The average Bonchev–Trinajstić information content (AvgIpc) is 2.89. The Morgan fingerprint density at radius 3 is 2.38 bits per heavy atom. The molecule has 0 bridgehead atoms. The van der Waals surface area contributed by atoms with E-state index in [1.807, 2.05) is 13.8 Å². The molecule has 0 aliphatic carbocycles. The first kappa shape index (κ1) is 17.2.